The Balaban J connectivity index is 1.39. The van der Waals surface area contributed by atoms with Gasteiger partial charge in [0.15, 0.2) is 6.04 Å². The lowest BCUT2D eigenvalue weighted by atomic mass is 10.1. The number of anilines is 1. The minimum absolute atomic E-state index is 0.184. The third-order valence-corrected chi connectivity index (χ3v) is 5.53. The molecule has 3 aromatic rings. The van der Waals surface area contributed by atoms with Crippen LogP contribution in [0.5, 0.6) is 5.75 Å². The quantitative estimate of drug-likeness (QED) is 0.738. The standard InChI is InChI=1S/C22H26N4O2/c1-16-5-4-6-18(15-16)22-24-23-21(28-22)17(2)25-11-13-26(14-12-25)19-7-9-20(27-3)10-8-19/h4-10,15,17H,11-14H2,1-3H3/p+1/t17-/m1/s1. The molecule has 0 radical (unpaired) electrons. The second kappa shape index (κ2) is 8.02. The van der Waals surface area contributed by atoms with Gasteiger partial charge in [-0.25, -0.2) is 0 Å². The normalized spacial score (nSPS) is 16.2. The van der Waals surface area contributed by atoms with Crippen LogP contribution in [0.2, 0.25) is 0 Å². The number of hydrogen-bond acceptors (Lipinski definition) is 5. The summed E-state index contributed by atoms with van der Waals surface area (Å²) in [6, 6.07) is 16.6. The number of aryl methyl sites for hydroxylation is 1. The van der Waals surface area contributed by atoms with Crippen molar-refractivity contribution >= 4 is 5.69 Å². The number of piperazine rings is 1. The summed E-state index contributed by atoms with van der Waals surface area (Å²) in [4.78, 5) is 3.89. The average Bonchev–Trinajstić information content (AvgIpc) is 3.24. The van der Waals surface area contributed by atoms with Gasteiger partial charge in [0.25, 0.3) is 5.89 Å². The summed E-state index contributed by atoms with van der Waals surface area (Å²) in [7, 11) is 1.69. The van der Waals surface area contributed by atoms with Gasteiger partial charge in [0.2, 0.25) is 5.89 Å². The van der Waals surface area contributed by atoms with E-state index in [1.165, 1.54) is 16.2 Å². The summed E-state index contributed by atoms with van der Waals surface area (Å²) >= 11 is 0. The van der Waals surface area contributed by atoms with Crippen LogP contribution >= 0.6 is 0 Å². The molecule has 2 aromatic carbocycles. The van der Waals surface area contributed by atoms with Gasteiger partial charge in [-0.1, -0.05) is 17.7 Å². The van der Waals surface area contributed by atoms with Crippen molar-refractivity contribution in [2.45, 2.75) is 19.9 Å². The van der Waals surface area contributed by atoms with E-state index in [0.29, 0.717) is 11.8 Å². The molecule has 4 rings (SSSR count). The van der Waals surface area contributed by atoms with Crippen LogP contribution < -0.4 is 14.5 Å². The Morgan fingerprint density at radius 1 is 1.07 bits per heavy atom. The Morgan fingerprint density at radius 3 is 2.50 bits per heavy atom. The zero-order valence-electron chi connectivity index (χ0n) is 16.7. The molecule has 6 heteroatoms. The smallest absolute Gasteiger partial charge is 0.274 e. The molecule has 1 saturated heterocycles. The number of quaternary nitrogens is 1. The van der Waals surface area contributed by atoms with Gasteiger partial charge in [-0.15, -0.1) is 10.2 Å². The van der Waals surface area contributed by atoms with Crippen LogP contribution in [0.3, 0.4) is 0 Å². The minimum Gasteiger partial charge on any atom is -0.497 e. The van der Waals surface area contributed by atoms with Crippen molar-refractivity contribution in [1.82, 2.24) is 10.2 Å². The lowest BCUT2D eigenvalue weighted by molar-refractivity contribution is -0.931. The van der Waals surface area contributed by atoms with Gasteiger partial charge in [-0.3, -0.25) is 0 Å². The summed E-state index contributed by atoms with van der Waals surface area (Å²) in [5.74, 6) is 2.20. The van der Waals surface area contributed by atoms with E-state index in [1.807, 2.05) is 24.3 Å². The fraction of sp³-hybridized carbons (Fsp3) is 0.364. The zero-order chi connectivity index (χ0) is 19.5. The molecule has 0 unspecified atom stereocenters. The van der Waals surface area contributed by atoms with Crippen molar-refractivity contribution in [1.29, 1.82) is 0 Å². The molecule has 0 aliphatic carbocycles. The lowest BCUT2D eigenvalue weighted by Gasteiger charge is -2.35. The van der Waals surface area contributed by atoms with Crippen LogP contribution in [0.1, 0.15) is 24.4 Å². The molecule has 28 heavy (non-hydrogen) atoms. The van der Waals surface area contributed by atoms with Gasteiger partial charge in [0.1, 0.15) is 5.75 Å². The molecule has 146 valence electrons. The maximum atomic E-state index is 6.01. The Hall–Kier alpha value is -2.86. The molecule has 1 aromatic heterocycles. The molecule has 0 spiro atoms. The third kappa shape index (κ3) is 3.87. The molecule has 1 aliphatic heterocycles. The van der Waals surface area contributed by atoms with Gasteiger partial charge in [0, 0.05) is 11.3 Å². The number of nitrogens with one attached hydrogen (secondary N) is 1. The maximum absolute atomic E-state index is 6.01. The van der Waals surface area contributed by atoms with Crippen LogP contribution in [-0.4, -0.2) is 43.5 Å². The molecule has 6 nitrogen and oxygen atoms in total. The predicted molar refractivity (Wildman–Crippen MR) is 109 cm³/mol. The Labute approximate surface area is 165 Å². The highest BCUT2D eigenvalue weighted by molar-refractivity contribution is 5.53. The van der Waals surface area contributed by atoms with E-state index in [9.17, 15) is 0 Å². The first-order chi connectivity index (χ1) is 13.6. The number of ether oxygens (including phenoxy) is 1. The van der Waals surface area contributed by atoms with Crippen molar-refractivity contribution in [2.75, 3.05) is 38.2 Å². The first-order valence-corrected chi connectivity index (χ1v) is 9.78. The van der Waals surface area contributed by atoms with Crippen LogP contribution in [0.25, 0.3) is 11.5 Å². The molecule has 1 atom stereocenters. The van der Waals surface area contributed by atoms with Crippen LogP contribution in [0.15, 0.2) is 52.9 Å². The number of nitrogens with zero attached hydrogens (tertiary/aromatic N) is 3. The lowest BCUT2D eigenvalue weighted by Crippen LogP contribution is -3.14. The Morgan fingerprint density at radius 2 is 1.82 bits per heavy atom. The first-order valence-electron chi connectivity index (χ1n) is 9.78. The van der Waals surface area contributed by atoms with E-state index in [2.05, 4.69) is 53.2 Å². The summed E-state index contributed by atoms with van der Waals surface area (Å²) in [5, 5.41) is 8.60. The molecule has 1 aliphatic rings. The van der Waals surface area contributed by atoms with E-state index in [-0.39, 0.29) is 6.04 Å². The fourth-order valence-electron chi connectivity index (χ4n) is 3.76. The van der Waals surface area contributed by atoms with E-state index in [4.69, 9.17) is 9.15 Å². The van der Waals surface area contributed by atoms with Crippen LogP contribution in [0.4, 0.5) is 5.69 Å². The van der Waals surface area contributed by atoms with Crippen molar-refractivity contribution in [3.63, 3.8) is 0 Å². The Bertz CT molecular complexity index is 914. The largest absolute Gasteiger partial charge is 0.497 e. The number of benzene rings is 2. The highest BCUT2D eigenvalue weighted by Crippen LogP contribution is 2.22. The summed E-state index contributed by atoms with van der Waals surface area (Å²) in [6.45, 7) is 8.32. The third-order valence-electron chi connectivity index (χ3n) is 5.53. The van der Waals surface area contributed by atoms with Crippen LogP contribution in [0, 0.1) is 6.92 Å². The molecule has 0 amide bonds. The van der Waals surface area contributed by atoms with Gasteiger partial charge in [-0.05, 0) is 50.2 Å². The molecular formula is C22H27N4O2+. The minimum atomic E-state index is 0.184. The van der Waals surface area contributed by atoms with E-state index < -0.39 is 0 Å². The second-order valence-electron chi connectivity index (χ2n) is 7.38. The number of rotatable bonds is 5. The average molecular weight is 379 g/mol. The SMILES string of the molecule is COc1ccc(N2CC[NH+]([C@H](C)c3nnc(-c4cccc(C)c4)o3)CC2)cc1. The molecule has 0 saturated carbocycles. The fourth-order valence-corrected chi connectivity index (χ4v) is 3.76. The highest BCUT2D eigenvalue weighted by Gasteiger charge is 2.29. The van der Waals surface area contributed by atoms with Gasteiger partial charge < -0.3 is 19.0 Å². The van der Waals surface area contributed by atoms with Crippen molar-refractivity contribution in [3.05, 3.63) is 60.0 Å². The first kappa shape index (κ1) is 18.5. The summed E-state index contributed by atoms with van der Waals surface area (Å²) < 4.78 is 11.3. The second-order valence-corrected chi connectivity index (χ2v) is 7.38. The van der Waals surface area contributed by atoms with Gasteiger partial charge in [-0.2, -0.15) is 0 Å². The van der Waals surface area contributed by atoms with E-state index in [0.717, 1.165) is 37.5 Å². The molecular weight excluding hydrogens is 352 g/mol. The van der Waals surface area contributed by atoms with Gasteiger partial charge in [0.05, 0.1) is 33.3 Å². The number of hydrogen-bond donors (Lipinski definition) is 1. The predicted octanol–water partition coefficient (Wildman–Crippen LogP) is 2.52. The van der Waals surface area contributed by atoms with Gasteiger partial charge >= 0.3 is 0 Å². The molecule has 1 N–H and O–H groups in total. The summed E-state index contributed by atoms with van der Waals surface area (Å²) in [6.07, 6.45) is 0. The van der Waals surface area contributed by atoms with Crippen molar-refractivity contribution in [3.8, 4) is 17.2 Å². The maximum Gasteiger partial charge on any atom is 0.274 e. The number of aromatic nitrogens is 2. The van der Waals surface area contributed by atoms with E-state index in [1.54, 1.807) is 7.11 Å². The molecule has 2 heterocycles. The Kier molecular flexibility index (Phi) is 5.30. The number of methoxy groups -OCH3 is 1. The zero-order valence-corrected chi connectivity index (χ0v) is 16.7. The van der Waals surface area contributed by atoms with E-state index >= 15 is 0 Å². The van der Waals surface area contributed by atoms with Crippen LogP contribution in [-0.2, 0) is 0 Å². The monoisotopic (exact) mass is 379 g/mol. The van der Waals surface area contributed by atoms with Crippen molar-refractivity contribution < 1.29 is 14.1 Å². The topological polar surface area (TPSA) is 55.8 Å². The summed E-state index contributed by atoms with van der Waals surface area (Å²) in [5.41, 5.74) is 3.41. The molecule has 1 fully saturated rings. The molecule has 0 bridgehead atoms. The highest BCUT2D eigenvalue weighted by atomic mass is 16.5. The van der Waals surface area contributed by atoms with Crippen molar-refractivity contribution in [2.24, 2.45) is 0 Å².